The van der Waals surface area contributed by atoms with Crippen LogP contribution in [-0.2, 0) is 6.42 Å². The van der Waals surface area contributed by atoms with Crippen LogP contribution in [-0.4, -0.2) is 13.1 Å². The molecule has 1 rings (SSSR count). The van der Waals surface area contributed by atoms with Crippen molar-refractivity contribution in [1.29, 1.82) is 0 Å². The van der Waals surface area contributed by atoms with E-state index in [2.05, 4.69) is 38.2 Å². The summed E-state index contributed by atoms with van der Waals surface area (Å²) >= 11 is 6.01. The van der Waals surface area contributed by atoms with E-state index in [4.69, 9.17) is 11.6 Å². The van der Waals surface area contributed by atoms with Gasteiger partial charge in [0.15, 0.2) is 0 Å². The fraction of sp³-hybridized carbons (Fsp3) is 0.571. The second-order valence-corrected chi connectivity index (χ2v) is 5.26. The Balaban J connectivity index is 2.75. The Labute approximate surface area is 104 Å². The fourth-order valence-corrected chi connectivity index (χ4v) is 2.35. The molecule has 0 aromatic heterocycles. The van der Waals surface area contributed by atoms with Crippen molar-refractivity contribution in [3.63, 3.8) is 0 Å². The maximum atomic E-state index is 6.01. The largest absolute Gasteiger partial charge is 0.317 e. The van der Waals surface area contributed by atoms with Crippen molar-refractivity contribution in [3.05, 3.63) is 34.9 Å². The normalized spacial score (nSPS) is 15.1. The number of hydrogen-bond donors (Lipinski definition) is 1. The average Bonchev–Trinajstić information content (AvgIpc) is 2.24. The van der Waals surface area contributed by atoms with E-state index in [0.29, 0.717) is 17.9 Å². The molecule has 0 saturated carbocycles. The van der Waals surface area contributed by atoms with Crippen LogP contribution in [0.4, 0.5) is 0 Å². The molecule has 1 aromatic rings. The molecule has 0 radical (unpaired) electrons. The fourth-order valence-electron chi connectivity index (χ4n) is 2.14. The van der Waals surface area contributed by atoms with Crippen molar-refractivity contribution in [2.75, 3.05) is 7.05 Å². The van der Waals surface area contributed by atoms with E-state index >= 15 is 0 Å². The van der Waals surface area contributed by atoms with Crippen LogP contribution in [0.2, 0.25) is 5.02 Å². The first kappa shape index (κ1) is 13.5. The maximum Gasteiger partial charge on any atom is 0.0408 e. The van der Waals surface area contributed by atoms with Gasteiger partial charge in [-0.1, -0.05) is 37.6 Å². The van der Waals surface area contributed by atoms with E-state index in [1.165, 1.54) is 5.56 Å². The molecule has 0 spiro atoms. The lowest BCUT2D eigenvalue weighted by Gasteiger charge is -2.27. The molecule has 0 bridgehead atoms. The van der Waals surface area contributed by atoms with Crippen LogP contribution in [0.25, 0.3) is 0 Å². The molecule has 16 heavy (non-hydrogen) atoms. The Bertz CT molecular complexity index is 322. The zero-order valence-electron chi connectivity index (χ0n) is 10.6. The predicted molar refractivity (Wildman–Crippen MR) is 72.0 cm³/mol. The lowest BCUT2D eigenvalue weighted by molar-refractivity contribution is 0.300. The van der Waals surface area contributed by atoms with Crippen LogP contribution in [0.3, 0.4) is 0 Å². The minimum atomic E-state index is 0.527. The minimum absolute atomic E-state index is 0.527. The van der Waals surface area contributed by atoms with Crippen molar-refractivity contribution in [2.24, 2.45) is 11.8 Å². The molecule has 1 nitrogen and oxygen atoms in total. The molecule has 0 saturated heterocycles. The van der Waals surface area contributed by atoms with Crippen LogP contribution in [0.1, 0.15) is 26.3 Å². The summed E-state index contributed by atoms with van der Waals surface area (Å²) < 4.78 is 0. The molecule has 0 fully saturated rings. The van der Waals surface area contributed by atoms with Gasteiger partial charge in [0, 0.05) is 11.1 Å². The molecule has 0 heterocycles. The van der Waals surface area contributed by atoms with E-state index < -0.39 is 0 Å². The quantitative estimate of drug-likeness (QED) is 0.825. The van der Waals surface area contributed by atoms with Crippen LogP contribution in [0.5, 0.6) is 0 Å². The van der Waals surface area contributed by atoms with Crippen molar-refractivity contribution < 1.29 is 0 Å². The molecule has 0 amide bonds. The van der Waals surface area contributed by atoms with E-state index in [0.717, 1.165) is 11.4 Å². The van der Waals surface area contributed by atoms with Gasteiger partial charge < -0.3 is 5.32 Å². The second-order valence-electron chi connectivity index (χ2n) is 4.82. The number of halogens is 1. The van der Waals surface area contributed by atoms with Gasteiger partial charge in [0.05, 0.1) is 0 Å². The molecule has 2 unspecified atom stereocenters. The summed E-state index contributed by atoms with van der Waals surface area (Å²) in [6, 6.07) is 8.71. The molecular formula is C14H22ClN. The Morgan fingerprint density at radius 3 is 2.44 bits per heavy atom. The Kier molecular flexibility index (Phi) is 5.30. The minimum Gasteiger partial charge on any atom is -0.317 e. The molecular weight excluding hydrogens is 218 g/mol. The number of nitrogens with one attached hydrogen (secondary N) is 1. The smallest absolute Gasteiger partial charge is 0.0408 e. The monoisotopic (exact) mass is 239 g/mol. The van der Waals surface area contributed by atoms with E-state index in [1.807, 2.05) is 19.2 Å². The van der Waals surface area contributed by atoms with Crippen LogP contribution < -0.4 is 5.32 Å². The van der Waals surface area contributed by atoms with Gasteiger partial charge in [-0.15, -0.1) is 0 Å². The van der Waals surface area contributed by atoms with E-state index in [9.17, 15) is 0 Å². The summed E-state index contributed by atoms with van der Waals surface area (Å²) in [5.74, 6) is 1.31. The van der Waals surface area contributed by atoms with Crippen LogP contribution in [0, 0.1) is 11.8 Å². The van der Waals surface area contributed by atoms with Gasteiger partial charge in [-0.05, 0) is 49.9 Å². The highest BCUT2D eigenvalue weighted by molar-refractivity contribution is 6.30. The Morgan fingerprint density at radius 2 is 1.94 bits per heavy atom. The molecule has 1 N–H and O–H groups in total. The third-order valence-electron chi connectivity index (χ3n) is 3.31. The van der Waals surface area contributed by atoms with Gasteiger partial charge in [-0.2, -0.15) is 0 Å². The number of hydrogen-bond acceptors (Lipinski definition) is 1. The summed E-state index contributed by atoms with van der Waals surface area (Å²) in [6.45, 7) is 6.81. The van der Waals surface area contributed by atoms with Crippen molar-refractivity contribution in [3.8, 4) is 0 Å². The molecule has 1 aromatic carbocycles. The van der Waals surface area contributed by atoms with Crippen molar-refractivity contribution >= 4 is 11.6 Å². The standard InChI is InChI=1S/C14H22ClN/c1-10(2)14(11(3)16-4)9-12-6-5-7-13(15)8-12/h5-8,10-11,14,16H,9H2,1-4H3. The topological polar surface area (TPSA) is 12.0 Å². The van der Waals surface area contributed by atoms with Crippen LogP contribution in [0.15, 0.2) is 24.3 Å². The Hall–Kier alpha value is -0.530. The highest BCUT2D eigenvalue weighted by atomic mass is 35.5. The van der Waals surface area contributed by atoms with Gasteiger partial charge >= 0.3 is 0 Å². The summed E-state index contributed by atoms with van der Waals surface area (Å²) in [6.07, 6.45) is 1.08. The molecule has 0 aliphatic heterocycles. The van der Waals surface area contributed by atoms with Gasteiger partial charge in [-0.3, -0.25) is 0 Å². The number of benzene rings is 1. The van der Waals surface area contributed by atoms with E-state index in [1.54, 1.807) is 0 Å². The van der Waals surface area contributed by atoms with Crippen LogP contribution >= 0.6 is 11.6 Å². The Morgan fingerprint density at radius 1 is 1.25 bits per heavy atom. The zero-order chi connectivity index (χ0) is 12.1. The SMILES string of the molecule is CNC(C)C(Cc1cccc(Cl)c1)C(C)C. The van der Waals surface area contributed by atoms with Gasteiger partial charge in [0.25, 0.3) is 0 Å². The molecule has 0 aliphatic carbocycles. The molecule has 0 aliphatic rings. The third-order valence-corrected chi connectivity index (χ3v) is 3.55. The molecule has 90 valence electrons. The molecule has 2 heteroatoms. The summed E-state index contributed by atoms with van der Waals surface area (Å²) in [7, 11) is 2.03. The van der Waals surface area contributed by atoms with Gasteiger partial charge in [-0.25, -0.2) is 0 Å². The first-order valence-corrected chi connectivity index (χ1v) is 6.34. The highest BCUT2D eigenvalue weighted by Gasteiger charge is 2.19. The zero-order valence-corrected chi connectivity index (χ0v) is 11.4. The first-order valence-electron chi connectivity index (χ1n) is 5.96. The van der Waals surface area contributed by atoms with E-state index in [-0.39, 0.29) is 0 Å². The van der Waals surface area contributed by atoms with Gasteiger partial charge in [0.2, 0.25) is 0 Å². The second kappa shape index (κ2) is 6.27. The first-order chi connectivity index (χ1) is 7.54. The lowest BCUT2D eigenvalue weighted by atomic mass is 9.84. The number of rotatable bonds is 5. The maximum absolute atomic E-state index is 6.01. The lowest BCUT2D eigenvalue weighted by Crippen LogP contribution is -2.35. The van der Waals surface area contributed by atoms with Gasteiger partial charge in [0.1, 0.15) is 0 Å². The summed E-state index contributed by atoms with van der Waals surface area (Å²) in [5, 5.41) is 4.18. The van der Waals surface area contributed by atoms with Crippen molar-refractivity contribution in [1.82, 2.24) is 5.32 Å². The summed E-state index contributed by atoms with van der Waals surface area (Å²) in [5.41, 5.74) is 1.33. The van der Waals surface area contributed by atoms with Crippen molar-refractivity contribution in [2.45, 2.75) is 33.2 Å². The predicted octanol–water partition coefficient (Wildman–Crippen LogP) is 3.76. The average molecular weight is 240 g/mol. The molecule has 2 atom stereocenters. The third kappa shape index (κ3) is 3.80. The highest BCUT2D eigenvalue weighted by Crippen LogP contribution is 2.22. The summed E-state index contributed by atoms with van der Waals surface area (Å²) in [4.78, 5) is 0.